The van der Waals surface area contributed by atoms with E-state index < -0.39 is 0 Å². The summed E-state index contributed by atoms with van der Waals surface area (Å²) in [6.07, 6.45) is 0. The number of nitrogens with zero attached hydrogens (tertiary/aromatic N) is 1. The number of H-pyrrole nitrogens is 2. The summed E-state index contributed by atoms with van der Waals surface area (Å²) in [6, 6.07) is 12.3. The number of rotatable bonds is 5. The van der Waals surface area contributed by atoms with Crippen molar-refractivity contribution in [2.45, 2.75) is 6.54 Å². The topological polar surface area (TPSA) is 101 Å². The SMILES string of the molecule is COc1ccc(NC(=O)Cn2c(=S)[nH]c3c([nH]c4ccc(OC)cc43)c2=O)cc1. The van der Waals surface area contributed by atoms with Crippen LogP contribution in [0, 0.1) is 4.77 Å². The number of methoxy groups -OCH3 is 2. The van der Waals surface area contributed by atoms with E-state index in [4.69, 9.17) is 21.7 Å². The maximum absolute atomic E-state index is 13.0. The van der Waals surface area contributed by atoms with Crippen LogP contribution in [0.5, 0.6) is 11.5 Å². The largest absolute Gasteiger partial charge is 0.497 e. The zero-order valence-electron chi connectivity index (χ0n) is 15.7. The number of benzene rings is 2. The van der Waals surface area contributed by atoms with Crippen molar-refractivity contribution in [3.63, 3.8) is 0 Å². The molecule has 0 saturated heterocycles. The van der Waals surface area contributed by atoms with Gasteiger partial charge in [0.25, 0.3) is 5.56 Å². The minimum absolute atomic E-state index is 0.163. The van der Waals surface area contributed by atoms with Gasteiger partial charge < -0.3 is 24.8 Å². The van der Waals surface area contributed by atoms with Crippen molar-refractivity contribution >= 4 is 45.7 Å². The van der Waals surface area contributed by atoms with Crippen LogP contribution in [0.1, 0.15) is 0 Å². The molecule has 4 rings (SSSR count). The van der Waals surface area contributed by atoms with Gasteiger partial charge in [-0.15, -0.1) is 0 Å². The second kappa shape index (κ2) is 7.44. The van der Waals surface area contributed by atoms with Gasteiger partial charge in [0.15, 0.2) is 4.77 Å². The summed E-state index contributed by atoms with van der Waals surface area (Å²) in [4.78, 5) is 31.5. The molecule has 2 heterocycles. The lowest BCUT2D eigenvalue weighted by molar-refractivity contribution is -0.116. The van der Waals surface area contributed by atoms with E-state index in [1.54, 1.807) is 44.6 Å². The van der Waals surface area contributed by atoms with Gasteiger partial charge in [0.1, 0.15) is 23.6 Å². The fourth-order valence-electron chi connectivity index (χ4n) is 3.15. The van der Waals surface area contributed by atoms with Crippen molar-refractivity contribution in [1.29, 1.82) is 0 Å². The van der Waals surface area contributed by atoms with E-state index in [2.05, 4.69) is 15.3 Å². The molecule has 9 heteroatoms. The van der Waals surface area contributed by atoms with E-state index in [0.717, 1.165) is 10.9 Å². The van der Waals surface area contributed by atoms with Crippen LogP contribution in [-0.4, -0.2) is 34.7 Å². The van der Waals surface area contributed by atoms with Crippen molar-refractivity contribution in [1.82, 2.24) is 14.5 Å². The van der Waals surface area contributed by atoms with Gasteiger partial charge in [-0.2, -0.15) is 0 Å². The molecule has 29 heavy (non-hydrogen) atoms. The molecule has 0 aliphatic carbocycles. The van der Waals surface area contributed by atoms with Crippen molar-refractivity contribution in [2.75, 3.05) is 19.5 Å². The van der Waals surface area contributed by atoms with Crippen molar-refractivity contribution < 1.29 is 14.3 Å². The van der Waals surface area contributed by atoms with Crippen LogP contribution >= 0.6 is 12.2 Å². The molecule has 2 aromatic carbocycles. The Bertz CT molecular complexity index is 1340. The monoisotopic (exact) mass is 410 g/mol. The van der Waals surface area contributed by atoms with E-state index in [1.165, 1.54) is 4.57 Å². The van der Waals surface area contributed by atoms with Gasteiger partial charge in [-0.05, 0) is 54.7 Å². The molecule has 0 fully saturated rings. The Hall–Kier alpha value is -3.59. The van der Waals surface area contributed by atoms with Gasteiger partial charge in [-0.1, -0.05) is 0 Å². The number of carbonyl (C=O) groups excluding carboxylic acids is 1. The Balaban J connectivity index is 1.68. The number of hydrogen-bond donors (Lipinski definition) is 3. The fraction of sp³-hybridized carbons (Fsp3) is 0.150. The average molecular weight is 410 g/mol. The predicted octanol–water partition coefficient (Wildman–Crippen LogP) is 3.20. The summed E-state index contributed by atoms with van der Waals surface area (Å²) < 4.78 is 11.7. The molecule has 2 aromatic heterocycles. The maximum Gasteiger partial charge on any atom is 0.279 e. The van der Waals surface area contributed by atoms with Gasteiger partial charge in [0.05, 0.1) is 19.7 Å². The number of aromatic nitrogens is 3. The highest BCUT2D eigenvalue weighted by Gasteiger charge is 2.14. The molecule has 148 valence electrons. The standard InChI is InChI=1S/C20H18N4O4S/c1-27-12-5-3-11(4-6-12)21-16(25)10-24-19(26)18-17(23-20(24)29)14-9-13(28-2)7-8-15(14)22-18/h3-9,22H,10H2,1-2H3,(H,21,25)(H,23,29). The lowest BCUT2D eigenvalue weighted by Crippen LogP contribution is -2.29. The highest BCUT2D eigenvalue weighted by atomic mass is 32.1. The Kier molecular flexibility index (Phi) is 4.81. The molecule has 0 bridgehead atoms. The van der Waals surface area contributed by atoms with Crippen LogP contribution in [-0.2, 0) is 11.3 Å². The van der Waals surface area contributed by atoms with Crippen LogP contribution in [0.3, 0.4) is 0 Å². The quantitative estimate of drug-likeness (QED) is 0.439. The van der Waals surface area contributed by atoms with Crippen LogP contribution in [0.4, 0.5) is 5.69 Å². The molecule has 0 radical (unpaired) electrons. The number of aromatic amines is 2. The zero-order valence-corrected chi connectivity index (χ0v) is 16.6. The molecule has 0 unspecified atom stereocenters. The molecule has 8 nitrogen and oxygen atoms in total. The third-order valence-corrected chi connectivity index (χ3v) is 4.94. The molecule has 0 spiro atoms. The molecule has 0 atom stereocenters. The Labute approximate surface area is 170 Å². The first-order valence-corrected chi connectivity index (χ1v) is 9.17. The van der Waals surface area contributed by atoms with E-state index in [9.17, 15) is 9.59 Å². The summed E-state index contributed by atoms with van der Waals surface area (Å²) in [7, 11) is 3.14. The number of hydrogen-bond acceptors (Lipinski definition) is 5. The second-order valence-corrected chi connectivity index (χ2v) is 6.77. The fourth-order valence-corrected chi connectivity index (χ4v) is 3.40. The van der Waals surface area contributed by atoms with Gasteiger partial charge in [0, 0.05) is 16.6 Å². The molecule has 3 N–H and O–H groups in total. The molecule has 0 aliphatic heterocycles. The van der Waals surface area contributed by atoms with Gasteiger partial charge in [-0.3, -0.25) is 14.2 Å². The zero-order chi connectivity index (χ0) is 20.5. The summed E-state index contributed by atoms with van der Waals surface area (Å²) >= 11 is 5.34. The third-order valence-electron chi connectivity index (χ3n) is 4.62. The van der Waals surface area contributed by atoms with Crippen molar-refractivity contribution in [2.24, 2.45) is 0 Å². The third kappa shape index (κ3) is 3.47. The lowest BCUT2D eigenvalue weighted by Gasteiger charge is -2.08. The minimum Gasteiger partial charge on any atom is -0.497 e. The summed E-state index contributed by atoms with van der Waals surface area (Å²) in [5, 5.41) is 3.53. The van der Waals surface area contributed by atoms with E-state index in [0.29, 0.717) is 28.2 Å². The summed E-state index contributed by atoms with van der Waals surface area (Å²) in [5.41, 5.74) is 1.92. The molecule has 1 amide bonds. The van der Waals surface area contributed by atoms with Crippen molar-refractivity contribution in [3.8, 4) is 11.5 Å². The Morgan fingerprint density at radius 3 is 2.41 bits per heavy atom. The molecule has 0 saturated carbocycles. The lowest BCUT2D eigenvalue weighted by atomic mass is 10.2. The molecule has 4 aromatic rings. The molecule has 0 aliphatic rings. The first-order chi connectivity index (χ1) is 14.0. The second-order valence-electron chi connectivity index (χ2n) is 6.38. The Morgan fingerprint density at radius 2 is 1.72 bits per heavy atom. The normalized spacial score (nSPS) is 11.0. The maximum atomic E-state index is 13.0. The van der Waals surface area contributed by atoms with Crippen LogP contribution in [0.15, 0.2) is 47.3 Å². The van der Waals surface area contributed by atoms with E-state index in [1.807, 2.05) is 12.1 Å². The van der Waals surface area contributed by atoms with E-state index in [-0.39, 0.29) is 22.8 Å². The van der Waals surface area contributed by atoms with Gasteiger partial charge in [0.2, 0.25) is 5.91 Å². The first-order valence-electron chi connectivity index (χ1n) is 8.76. The number of anilines is 1. The highest BCUT2D eigenvalue weighted by molar-refractivity contribution is 7.71. The summed E-state index contributed by atoms with van der Waals surface area (Å²) in [5.74, 6) is 0.984. The van der Waals surface area contributed by atoms with Crippen LogP contribution in [0.2, 0.25) is 0 Å². The van der Waals surface area contributed by atoms with Gasteiger partial charge in [-0.25, -0.2) is 0 Å². The molecular weight excluding hydrogens is 392 g/mol. The van der Waals surface area contributed by atoms with E-state index >= 15 is 0 Å². The number of amides is 1. The number of fused-ring (bicyclic) bond motifs is 3. The van der Waals surface area contributed by atoms with Crippen molar-refractivity contribution in [3.05, 3.63) is 57.6 Å². The number of carbonyl (C=O) groups is 1. The van der Waals surface area contributed by atoms with Gasteiger partial charge >= 0.3 is 0 Å². The highest BCUT2D eigenvalue weighted by Crippen LogP contribution is 2.25. The predicted molar refractivity (Wildman–Crippen MR) is 113 cm³/mol. The Morgan fingerprint density at radius 1 is 1.03 bits per heavy atom. The number of ether oxygens (including phenoxy) is 2. The minimum atomic E-state index is -0.371. The van der Waals surface area contributed by atoms with Crippen LogP contribution in [0.25, 0.3) is 21.9 Å². The summed E-state index contributed by atoms with van der Waals surface area (Å²) in [6.45, 7) is -0.213. The molecular formula is C20H18N4O4S. The average Bonchev–Trinajstić information content (AvgIpc) is 3.09. The first kappa shape index (κ1) is 18.8. The smallest absolute Gasteiger partial charge is 0.279 e. The number of nitrogens with one attached hydrogen (secondary N) is 3. The van der Waals surface area contributed by atoms with Crippen LogP contribution < -0.4 is 20.3 Å².